The summed E-state index contributed by atoms with van der Waals surface area (Å²) >= 11 is 6.16. The van der Waals surface area contributed by atoms with Crippen LogP contribution in [-0.4, -0.2) is 34.1 Å². The number of aromatic nitrogens is 3. The molecule has 1 unspecified atom stereocenters. The van der Waals surface area contributed by atoms with E-state index in [9.17, 15) is 0 Å². The number of nitrogens with zero attached hydrogens (tertiary/aromatic N) is 2. The summed E-state index contributed by atoms with van der Waals surface area (Å²) in [5.74, 6) is 0.823. The lowest BCUT2D eigenvalue weighted by Crippen LogP contribution is -2.22. The van der Waals surface area contributed by atoms with E-state index in [4.69, 9.17) is 16.6 Å². The van der Waals surface area contributed by atoms with Crippen molar-refractivity contribution in [1.29, 1.82) is 0 Å². The molecule has 0 saturated carbocycles. The Morgan fingerprint density at radius 2 is 2.04 bits per heavy atom. The number of benzene rings is 2. The van der Waals surface area contributed by atoms with Crippen LogP contribution in [0.25, 0.3) is 33.3 Å². The van der Waals surface area contributed by atoms with Crippen molar-refractivity contribution in [3.63, 3.8) is 0 Å². The average Bonchev–Trinajstić information content (AvgIpc) is 3.30. The van der Waals surface area contributed by atoms with Gasteiger partial charge in [-0.3, -0.25) is 4.98 Å². The van der Waals surface area contributed by atoms with Crippen molar-refractivity contribution in [2.24, 2.45) is 0 Å². The number of imidazole rings is 1. The highest BCUT2D eigenvalue weighted by Crippen LogP contribution is 2.35. The van der Waals surface area contributed by atoms with Gasteiger partial charge in [0.15, 0.2) is 0 Å². The Labute approximate surface area is 155 Å². The molecule has 3 N–H and O–H groups in total. The minimum absolute atomic E-state index is 0.388. The van der Waals surface area contributed by atoms with E-state index in [-0.39, 0.29) is 0 Å². The van der Waals surface area contributed by atoms with Crippen LogP contribution in [0.1, 0.15) is 6.42 Å². The third-order valence-electron chi connectivity index (χ3n) is 4.88. The highest BCUT2D eigenvalue weighted by molar-refractivity contribution is 6.31. The van der Waals surface area contributed by atoms with Gasteiger partial charge in [0, 0.05) is 29.2 Å². The Morgan fingerprint density at radius 1 is 1.12 bits per heavy atom. The zero-order chi connectivity index (χ0) is 17.5. The number of anilines is 1. The van der Waals surface area contributed by atoms with E-state index in [0.29, 0.717) is 11.1 Å². The van der Waals surface area contributed by atoms with Crippen molar-refractivity contribution < 1.29 is 0 Å². The van der Waals surface area contributed by atoms with E-state index in [1.807, 2.05) is 48.7 Å². The molecular weight excluding hydrogens is 346 g/mol. The number of hydrogen-bond acceptors (Lipinski definition) is 4. The zero-order valence-corrected chi connectivity index (χ0v) is 14.8. The summed E-state index contributed by atoms with van der Waals surface area (Å²) in [6, 6.07) is 14.3. The first-order chi connectivity index (χ1) is 12.8. The first kappa shape index (κ1) is 15.6. The van der Waals surface area contributed by atoms with Crippen molar-refractivity contribution in [3.05, 3.63) is 53.7 Å². The molecule has 1 aliphatic heterocycles. The van der Waals surface area contributed by atoms with Crippen molar-refractivity contribution in [2.75, 3.05) is 18.4 Å². The lowest BCUT2D eigenvalue weighted by Gasteiger charge is -2.18. The molecule has 26 heavy (non-hydrogen) atoms. The van der Waals surface area contributed by atoms with Crippen molar-refractivity contribution in [2.45, 2.75) is 12.5 Å². The summed E-state index contributed by atoms with van der Waals surface area (Å²) in [7, 11) is 0. The molecule has 1 aliphatic rings. The zero-order valence-electron chi connectivity index (χ0n) is 14.1. The van der Waals surface area contributed by atoms with E-state index in [1.54, 1.807) is 0 Å². The fourth-order valence-electron chi connectivity index (χ4n) is 3.56. The smallest absolute Gasteiger partial charge is 0.142 e. The van der Waals surface area contributed by atoms with E-state index in [0.717, 1.165) is 58.5 Å². The van der Waals surface area contributed by atoms with Crippen LogP contribution < -0.4 is 10.6 Å². The Hall–Kier alpha value is -2.63. The second-order valence-electron chi connectivity index (χ2n) is 6.64. The van der Waals surface area contributed by atoms with Crippen molar-refractivity contribution >= 4 is 39.2 Å². The van der Waals surface area contributed by atoms with Gasteiger partial charge in [0.1, 0.15) is 5.82 Å². The predicted octanol–water partition coefficient (Wildman–Crippen LogP) is 4.21. The standard InChI is InChI=1S/C20H18ClN5/c21-12-5-6-14-18(9-12)23-11-15(19(14)24-13-7-8-22-10-13)20-25-16-3-1-2-4-17(16)26-20/h1-6,9,11,13,22H,7-8,10H2,(H,23,24)(H,25,26). The second kappa shape index (κ2) is 6.27. The van der Waals surface area contributed by atoms with Crippen LogP contribution in [0.4, 0.5) is 5.69 Å². The molecule has 0 aliphatic carbocycles. The number of aromatic amines is 1. The summed E-state index contributed by atoms with van der Waals surface area (Å²) in [5, 5.41) is 8.86. The summed E-state index contributed by atoms with van der Waals surface area (Å²) in [4.78, 5) is 12.8. The molecule has 1 saturated heterocycles. The molecule has 4 aromatic rings. The Bertz CT molecular complexity index is 1060. The normalized spacial score (nSPS) is 17.2. The van der Waals surface area contributed by atoms with Gasteiger partial charge >= 0.3 is 0 Å². The van der Waals surface area contributed by atoms with Gasteiger partial charge in [-0.05, 0) is 43.3 Å². The topological polar surface area (TPSA) is 65.6 Å². The summed E-state index contributed by atoms with van der Waals surface area (Å²) in [5.41, 5.74) is 4.88. The molecule has 1 fully saturated rings. The third kappa shape index (κ3) is 2.69. The van der Waals surface area contributed by atoms with Gasteiger partial charge in [0.25, 0.3) is 0 Å². The first-order valence-electron chi connectivity index (χ1n) is 8.78. The van der Waals surface area contributed by atoms with Gasteiger partial charge in [0.2, 0.25) is 0 Å². The third-order valence-corrected chi connectivity index (χ3v) is 5.12. The van der Waals surface area contributed by atoms with E-state index >= 15 is 0 Å². The Kier molecular flexibility index (Phi) is 3.76. The van der Waals surface area contributed by atoms with Crippen molar-refractivity contribution in [3.8, 4) is 11.4 Å². The van der Waals surface area contributed by atoms with Gasteiger partial charge < -0.3 is 15.6 Å². The molecule has 130 valence electrons. The van der Waals surface area contributed by atoms with Crippen LogP contribution in [0.3, 0.4) is 0 Å². The number of para-hydroxylation sites is 2. The molecule has 0 amide bonds. The monoisotopic (exact) mass is 363 g/mol. The number of nitrogens with one attached hydrogen (secondary N) is 3. The molecule has 1 atom stereocenters. The summed E-state index contributed by atoms with van der Waals surface area (Å²) in [6.07, 6.45) is 2.97. The summed E-state index contributed by atoms with van der Waals surface area (Å²) in [6.45, 7) is 1.99. The number of H-pyrrole nitrogens is 1. The molecule has 3 heterocycles. The highest BCUT2D eigenvalue weighted by atomic mass is 35.5. The SMILES string of the molecule is Clc1ccc2c(NC3CCNC3)c(-c3nc4ccccc4[nH]3)cnc2c1. The highest BCUT2D eigenvalue weighted by Gasteiger charge is 2.20. The average molecular weight is 364 g/mol. The van der Waals surface area contributed by atoms with Gasteiger partial charge in [-0.15, -0.1) is 0 Å². The number of rotatable bonds is 3. The van der Waals surface area contributed by atoms with E-state index in [2.05, 4.69) is 20.6 Å². The van der Waals surface area contributed by atoms with Crippen LogP contribution in [-0.2, 0) is 0 Å². The number of fused-ring (bicyclic) bond motifs is 2. The van der Waals surface area contributed by atoms with Gasteiger partial charge in [-0.1, -0.05) is 23.7 Å². The fraction of sp³-hybridized carbons (Fsp3) is 0.200. The number of pyridine rings is 1. The first-order valence-corrected chi connectivity index (χ1v) is 9.16. The van der Waals surface area contributed by atoms with Gasteiger partial charge in [-0.25, -0.2) is 4.98 Å². The van der Waals surface area contributed by atoms with E-state index in [1.165, 1.54) is 0 Å². The maximum absolute atomic E-state index is 6.16. The second-order valence-corrected chi connectivity index (χ2v) is 7.08. The molecule has 6 heteroatoms. The van der Waals surface area contributed by atoms with Crippen LogP contribution in [0.15, 0.2) is 48.7 Å². The lowest BCUT2D eigenvalue weighted by atomic mass is 10.1. The fourth-order valence-corrected chi connectivity index (χ4v) is 3.73. The minimum Gasteiger partial charge on any atom is -0.380 e. The lowest BCUT2D eigenvalue weighted by molar-refractivity contribution is 0.794. The molecular formula is C20H18ClN5. The minimum atomic E-state index is 0.388. The van der Waals surface area contributed by atoms with Crippen LogP contribution >= 0.6 is 11.6 Å². The predicted molar refractivity (Wildman–Crippen MR) is 107 cm³/mol. The molecule has 0 bridgehead atoms. The van der Waals surface area contributed by atoms with Gasteiger partial charge in [0.05, 0.1) is 27.8 Å². The quantitative estimate of drug-likeness (QED) is 0.510. The molecule has 2 aromatic carbocycles. The molecule has 5 rings (SSSR count). The van der Waals surface area contributed by atoms with E-state index < -0.39 is 0 Å². The Balaban J connectivity index is 1.70. The molecule has 5 nitrogen and oxygen atoms in total. The van der Waals surface area contributed by atoms with Crippen LogP contribution in [0.5, 0.6) is 0 Å². The number of hydrogen-bond donors (Lipinski definition) is 3. The molecule has 0 radical (unpaired) electrons. The molecule has 0 spiro atoms. The molecule has 2 aromatic heterocycles. The Morgan fingerprint density at radius 3 is 2.88 bits per heavy atom. The van der Waals surface area contributed by atoms with Crippen molar-refractivity contribution in [1.82, 2.24) is 20.3 Å². The maximum atomic E-state index is 6.16. The number of halogens is 1. The van der Waals surface area contributed by atoms with Crippen LogP contribution in [0.2, 0.25) is 5.02 Å². The van der Waals surface area contributed by atoms with Gasteiger partial charge in [-0.2, -0.15) is 0 Å². The largest absolute Gasteiger partial charge is 0.380 e. The summed E-state index contributed by atoms with van der Waals surface area (Å²) < 4.78 is 0. The maximum Gasteiger partial charge on any atom is 0.142 e. The van der Waals surface area contributed by atoms with Crippen LogP contribution in [0, 0.1) is 0 Å².